The van der Waals surface area contributed by atoms with Crippen molar-refractivity contribution in [1.29, 1.82) is 0 Å². The van der Waals surface area contributed by atoms with Gasteiger partial charge in [-0.15, -0.1) is 0 Å². The Balaban J connectivity index is 1.63. The van der Waals surface area contributed by atoms with E-state index in [0.29, 0.717) is 6.61 Å². The molecule has 2 aliphatic rings. The fourth-order valence-corrected chi connectivity index (χ4v) is 3.47. The molecule has 0 saturated carbocycles. The highest BCUT2D eigenvalue weighted by molar-refractivity contribution is 5.58. The van der Waals surface area contributed by atoms with Crippen LogP contribution in [0.4, 0.5) is 0 Å². The molecular weight excluding hydrogens is 296 g/mol. The van der Waals surface area contributed by atoms with Crippen molar-refractivity contribution >= 4 is 12.2 Å². The van der Waals surface area contributed by atoms with E-state index in [-0.39, 0.29) is 0 Å². The van der Waals surface area contributed by atoms with Crippen molar-refractivity contribution in [2.24, 2.45) is 0 Å². The quantitative estimate of drug-likeness (QED) is 0.927. The Morgan fingerprint density at radius 1 is 1.04 bits per heavy atom. The Hall–Kier alpha value is -2.10. The van der Waals surface area contributed by atoms with Crippen LogP contribution < -0.4 is 20.5 Å². The molecular formula is C21H24N2O. The maximum absolute atomic E-state index is 6.04. The average Bonchev–Trinajstić information content (AvgIpc) is 2.83. The van der Waals surface area contributed by atoms with Crippen molar-refractivity contribution in [3.63, 3.8) is 0 Å². The number of piperazine rings is 1. The van der Waals surface area contributed by atoms with E-state index in [1.807, 2.05) is 0 Å². The Labute approximate surface area is 143 Å². The fourth-order valence-electron chi connectivity index (χ4n) is 3.47. The SMILES string of the molecule is C(CCN1CCNCC1)=c1cccc2c1=Cc1ccccc1CO2. The van der Waals surface area contributed by atoms with Crippen LogP contribution in [0, 0.1) is 0 Å². The molecule has 0 radical (unpaired) electrons. The predicted octanol–water partition coefficient (Wildman–Crippen LogP) is 1.48. The van der Waals surface area contributed by atoms with Gasteiger partial charge < -0.3 is 15.0 Å². The maximum atomic E-state index is 6.04. The van der Waals surface area contributed by atoms with Crippen LogP contribution >= 0.6 is 0 Å². The van der Waals surface area contributed by atoms with Crippen molar-refractivity contribution < 1.29 is 4.74 Å². The van der Waals surface area contributed by atoms with Gasteiger partial charge in [-0.25, -0.2) is 0 Å². The summed E-state index contributed by atoms with van der Waals surface area (Å²) >= 11 is 0. The van der Waals surface area contributed by atoms with Crippen LogP contribution in [-0.4, -0.2) is 37.6 Å². The third-order valence-corrected chi connectivity index (χ3v) is 4.86. The minimum absolute atomic E-state index is 0.643. The van der Waals surface area contributed by atoms with Gasteiger partial charge in [0, 0.05) is 37.9 Å². The third kappa shape index (κ3) is 3.37. The Morgan fingerprint density at radius 3 is 2.83 bits per heavy atom. The first-order valence-corrected chi connectivity index (χ1v) is 8.85. The van der Waals surface area contributed by atoms with Crippen LogP contribution in [0.2, 0.25) is 0 Å². The monoisotopic (exact) mass is 320 g/mol. The molecule has 0 aromatic heterocycles. The second-order valence-corrected chi connectivity index (χ2v) is 6.48. The first-order chi connectivity index (χ1) is 11.9. The van der Waals surface area contributed by atoms with Gasteiger partial charge in [0.2, 0.25) is 0 Å². The second kappa shape index (κ2) is 7.20. The third-order valence-electron chi connectivity index (χ3n) is 4.86. The molecule has 3 nitrogen and oxygen atoms in total. The highest BCUT2D eigenvalue weighted by atomic mass is 16.5. The Kier molecular flexibility index (Phi) is 4.63. The lowest BCUT2D eigenvalue weighted by Gasteiger charge is -2.26. The van der Waals surface area contributed by atoms with E-state index in [1.54, 1.807) is 0 Å². The summed E-state index contributed by atoms with van der Waals surface area (Å²) in [6.45, 7) is 6.30. The second-order valence-electron chi connectivity index (χ2n) is 6.48. The summed E-state index contributed by atoms with van der Waals surface area (Å²) in [6, 6.07) is 14.9. The smallest absolute Gasteiger partial charge is 0.127 e. The molecule has 0 amide bonds. The number of hydrogen-bond acceptors (Lipinski definition) is 3. The standard InChI is InChI=1S/C21H24N2O/c1-2-6-19-16-24-21-9-3-7-17(20(21)15-18(19)5-1)8-4-12-23-13-10-22-11-14-23/h1-3,5-9,15,22H,4,10-14,16H2. The summed E-state index contributed by atoms with van der Waals surface area (Å²) in [4.78, 5) is 2.53. The molecule has 1 saturated heterocycles. The van der Waals surface area contributed by atoms with Gasteiger partial charge in [-0.2, -0.15) is 0 Å². The van der Waals surface area contributed by atoms with Crippen LogP contribution in [0.3, 0.4) is 0 Å². The minimum atomic E-state index is 0.643. The number of nitrogens with one attached hydrogen (secondary N) is 1. The van der Waals surface area contributed by atoms with Crippen molar-refractivity contribution in [2.75, 3.05) is 32.7 Å². The van der Waals surface area contributed by atoms with Gasteiger partial charge in [0.25, 0.3) is 0 Å². The summed E-state index contributed by atoms with van der Waals surface area (Å²) in [5.41, 5.74) is 2.51. The molecule has 2 aromatic carbocycles. The highest BCUT2D eigenvalue weighted by Crippen LogP contribution is 2.16. The first-order valence-electron chi connectivity index (χ1n) is 8.85. The van der Waals surface area contributed by atoms with E-state index >= 15 is 0 Å². The van der Waals surface area contributed by atoms with Gasteiger partial charge in [-0.3, -0.25) is 0 Å². The highest BCUT2D eigenvalue weighted by Gasteiger charge is 2.09. The number of rotatable bonds is 3. The van der Waals surface area contributed by atoms with Crippen molar-refractivity contribution in [3.05, 3.63) is 64.0 Å². The number of fused-ring (bicyclic) bond motifs is 2. The zero-order valence-electron chi connectivity index (χ0n) is 14.0. The van der Waals surface area contributed by atoms with Crippen LogP contribution in [0.15, 0.2) is 42.5 Å². The molecule has 1 fully saturated rings. The van der Waals surface area contributed by atoms with E-state index < -0.39 is 0 Å². The summed E-state index contributed by atoms with van der Waals surface area (Å²) in [6.07, 6.45) is 5.70. The van der Waals surface area contributed by atoms with Crippen molar-refractivity contribution in [3.8, 4) is 5.75 Å². The topological polar surface area (TPSA) is 24.5 Å². The number of hydrogen-bond donors (Lipinski definition) is 1. The van der Waals surface area contributed by atoms with Crippen LogP contribution in [0.5, 0.6) is 5.75 Å². The average molecular weight is 320 g/mol. The van der Waals surface area contributed by atoms with E-state index in [1.165, 1.54) is 21.6 Å². The number of nitrogens with zero attached hydrogens (tertiary/aromatic N) is 1. The summed E-state index contributed by atoms with van der Waals surface area (Å²) in [5.74, 6) is 0.988. The summed E-state index contributed by atoms with van der Waals surface area (Å²) in [7, 11) is 0. The number of benzene rings is 2. The maximum Gasteiger partial charge on any atom is 0.127 e. The molecule has 3 heteroatoms. The lowest BCUT2D eigenvalue weighted by atomic mass is 10.1. The molecule has 0 aliphatic carbocycles. The van der Waals surface area contributed by atoms with E-state index in [4.69, 9.17) is 4.74 Å². The predicted molar refractivity (Wildman–Crippen MR) is 98.4 cm³/mol. The largest absolute Gasteiger partial charge is 0.488 e. The van der Waals surface area contributed by atoms with Gasteiger partial charge >= 0.3 is 0 Å². The molecule has 24 heavy (non-hydrogen) atoms. The van der Waals surface area contributed by atoms with Crippen LogP contribution in [0.1, 0.15) is 17.5 Å². The van der Waals surface area contributed by atoms with Crippen LogP contribution in [-0.2, 0) is 6.61 Å². The summed E-state index contributed by atoms with van der Waals surface area (Å²) in [5, 5.41) is 5.89. The molecule has 2 heterocycles. The lowest BCUT2D eigenvalue weighted by Crippen LogP contribution is -2.43. The molecule has 0 unspecified atom stereocenters. The Morgan fingerprint density at radius 2 is 1.92 bits per heavy atom. The van der Waals surface area contributed by atoms with Crippen molar-refractivity contribution in [2.45, 2.75) is 13.0 Å². The van der Waals surface area contributed by atoms with Crippen LogP contribution in [0.25, 0.3) is 12.2 Å². The molecule has 124 valence electrons. The molecule has 0 bridgehead atoms. The molecule has 0 spiro atoms. The van der Waals surface area contributed by atoms with Crippen molar-refractivity contribution in [1.82, 2.24) is 10.2 Å². The molecule has 4 rings (SSSR count). The Bertz CT molecular complexity index is 822. The van der Waals surface area contributed by atoms with E-state index in [9.17, 15) is 0 Å². The first kappa shape index (κ1) is 15.4. The van der Waals surface area contributed by atoms with Gasteiger partial charge in [0.15, 0.2) is 0 Å². The molecule has 1 N–H and O–H groups in total. The molecule has 2 aromatic rings. The summed E-state index contributed by atoms with van der Waals surface area (Å²) < 4.78 is 6.04. The zero-order chi connectivity index (χ0) is 16.2. The minimum Gasteiger partial charge on any atom is -0.488 e. The normalized spacial score (nSPS) is 18.1. The van der Waals surface area contributed by atoms with Gasteiger partial charge in [-0.1, -0.05) is 42.5 Å². The molecule has 0 atom stereocenters. The van der Waals surface area contributed by atoms with Gasteiger partial charge in [0.1, 0.15) is 12.4 Å². The lowest BCUT2D eigenvalue weighted by molar-refractivity contribution is 0.247. The van der Waals surface area contributed by atoms with E-state index in [2.05, 4.69) is 64.8 Å². The van der Waals surface area contributed by atoms with E-state index in [0.717, 1.165) is 44.9 Å². The zero-order valence-corrected chi connectivity index (χ0v) is 14.0. The number of ether oxygens (including phenoxy) is 1. The molecule has 2 aliphatic heterocycles. The van der Waals surface area contributed by atoms with Gasteiger partial charge in [-0.05, 0) is 34.9 Å². The van der Waals surface area contributed by atoms with Gasteiger partial charge in [0.05, 0.1) is 0 Å². The fraction of sp³-hybridized carbons (Fsp3) is 0.333.